The largest absolute Gasteiger partial charge is 0.469 e. The topological polar surface area (TPSA) is 61.3 Å². The van der Waals surface area contributed by atoms with Crippen LogP contribution in [0.25, 0.3) is 10.2 Å². The van der Waals surface area contributed by atoms with Crippen molar-refractivity contribution in [3.05, 3.63) is 46.3 Å². The molecular formula is C20H20N2O3S2. The average Bonchev–Trinajstić information content (AvgIpc) is 3.03. The fourth-order valence-corrected chi connectivity index (χ4v) is 4.64. The summed E-state index contributed by atoms with van der Waals surface area (Å²) >= 11 is 3.08. The van der Waals surface area contributed by atoms with Crippen LogP contribution in [0.4, 0.5) is 0 Å². The Bertz CT molecular complexity index is 999. The number of hydrogen-bond acceptors (Lipinski definition) is 7. The zero-order valence-electron chi connectivity index (χ0n) is 15.4. The first kappa shape index (κ1) is 18.4. The number of nitrogens with zero attached hydrogens (tertiary/aromatic N) is 2. The summed E-state index contributed by atoms with van der Waals surface area (Å²) in [7, 11) is 0. The number of benzene rings is 1. The van der Waals surface area contributed by atoms with E-state index in [-0.39, 0.29) is 18.0 Å². The summed E-state index contributed by atoms with van der Waals surface area (Å²) in [6.07, 6.45) is 2.70. The summed E-state index contributed by atoms with van der Waals surface area (Å²) in [5, 5.41) is 1.56. The van der Waals surface area contributed by atoms with Crippen LogP contribution in [0.15, 0.2) is 35.5 Å². The third-order valence-electron chi connectivity index (χ3n) is 4.50. The number of thiophene rings is 1. The van der Waals surface area contributed by atoms with Gasteiger partial charge in [-0.2, -0.15) is 4.98 Å². The summed E-state index contributed by atoms with van der Waals surface area (Å²) < 4.78 is 11.9. The number of hydrogen-bond donors (Lipinski definition) is 0. The number of rotatable bonds is 5. The van der Waals surface area contributed by atoms with Crippen molar-refractivity contribution in [2.45, 2.75) is 37.6 Å². The second-order valence-electron chi connectivity index (χ2n) is 7.00. The van der Waals surface area contributed by atoms with Gasteiger partial charge >= 0.3 is 0 Å². The minimum atomic E-state index is -0.240. The van der Waals surface area contributed by atoms with E-state index in [1.807, 2.05) is 24.5 Å². The van der Waals surface area contributed by atoms with Gasteiger partial charge in [0.15, 0.2) is 17.5 Å². The van der Waals surface area contributed by atoms with Crippen LogP contribution in [0.3, 0.4) is 0 Å². The molecule has 3 aromatic rings. The molecule has 3 heterocycles. The van der Waals surface area contributed by atoms with Crippen molar-refractivity contribution in [2.24, 2.45) is 0 Å². The van der Waals surface area contributed by atoms with Gasteiger partial charge in [-0.3, -0.25) is 4.79 Å². The minimum absolute atomic E-state index is 0.0472. The maximum Gasteiger partial charge on any atom is 0.227 e. The molecule has 1 aliphatic heterocycles. The summed E-state index contributed by atoms with van der Waals surface area (Å²) in [4.78, 5) is 23.7. The summed E-state index contributed by atoms with van der Waals surface area (Å²) in [5.41, 5.74) is 1.58. The molecule has 0 radical (unpaired) electrons. The lowest BCUT2D eigenvalue weighted by Crippen LogP contribution is -2.31. The molecule has 27 heavy (non-hydrogen) atoms. The zero-order valence-corrected chi connectivity index (χ0v) is 17.1. The first-order valence-corrected chi connectivity index (χ1v) is 10.7. The predicted molar refractivity (Wildman–Crippen MR) is 108 cm³/mol. The number of ketones is 1. The molecule has 4 rings (SSSR count). The highest BCUT2D eigenvalue weighted by Crippen LogP contribution is 2.42. The standard InChI is InChI=1S/C20H20N2O3S2/c1-20(2)9-13-15(11-25-20)27-18-16(13)17(21-19(22-18)26-3)24-10-14(23)12-7-5-4-6-8-12/h4-8H,9-11H2,1-3H3. The molecule has 7 heteroatoms. The van der Waals surface area contributed by atoms with Gasteiger partial charge < -0.3 is 9.47 Å². The van der Waals surface area contributed by atoms with Crippen LogP contribution >= 0.6 is 23.1 Å². The normalized spacial score (nSPS) is 15.5. The lowest BCUT2D eigenvalue weighted by molar-refractivity contribution is -0.0379. The lowest BCUT2D eigenvalue weighted by atomic mass is 9.94. The Hall–Kier alpha value is -1.96. The molecule has 0 amide bonds. The number of carbonyl (C=O) groups excluding carboxylic acids is 1. The van der Waals surface area contributed by atoms with Crippen molar-refractivity contribution in [2.75, 3.05) is 12.9 Å². The van der Waals surface area contributed by atoms with Gasteiger partial charge in [-0.05, 0) is 25.7 Å². The molecule has 0 fully saturated rings. The molecule has 0 N–H and O–H groups in total. The van der Waals surface area contributed by atoms with E-state index in [1.54, 1.807) is 23.5 Å². The van der Waals surface area contributed by atoms with Gasteiger partial charge in [0.2, 0.25) is 5.88 Å². The van der Waals surface area contributed by atoms with E-state index in [9.17, 15) is 4.79 Å². The molecule has 2 aromatic heterocycles. The second-order valence-corrected chi connectivity index (χ2v) is 8.86. The monoisotopic (exact) mass is 400 g/mol. The smallest absolute Gasteiger partial charge is 0.227 e. The van der Waals surface area contributed by atoms with Gasteiger partial charge in [-0.1, -0.05) is 42.1 Å². The molecule has 0 unspecified atom stereocenters. The van der Waals surface area contributed by atoms with Crippen LogP contribution < -0.4 is 4.74 Å². The third kappa shape index (κ3) is 3.72. The Morgan fingerprint density at radius 3 is 2.81 bits per heavy atom. The van der Waals surface area contributed by atoms with E-state index in [4.69, 9.17) is 9.47 Å². The highest BCUT2D eigenvalue weighted by molar-refractivity contribution is 7.98. The maximum absolute atomic E-state index is 12.4. The predicted octanol–water partition coefficient (Wildman–Crippen LogP) is 4.53. The van der Waals surface area contributed by atoms with Gasteiger partial charge in [0.25, 0.3) is 0 Å². The van der Waals surface area contributed by atoms with Crippen LogP contribution in [0, 0.1) is 0 Å². The third-order valence-corrected chi connectivity index (χ3v) is 6.14. The fourth-order valence-electron chi connectivity index (χ4n) is 3.13. The van der Waals surface area contributed by atoms with Gasteiger partial charge in [0, 0.05) is 16.9 Å². The summed E-state index contributed by atoms with van der Waals surface area (Å²) in [6, 6.07) is 9.16. The molecule has 140 valence electrons. The number of thioether (sulfide) groups is 1. The summed E-state index contributed by atoms with van der Waals surface area (Å²) in [5.74, 6) is 0.421. The molecular weight excluding hydrogens is 380 g/mol. The highest BCUT2D eigenvalue weighted by atomic mass is 32.2. The van der Waals surface area contributed by atoms with E-state index in [0.29, 0.717) is 23.2 Å². The molecule has 0 atom stereocenters. The zero-order chi connectivity index (χ0) is 19.0. The second kappa shape index (κ2) is 7.22. The van der Waals surface area contributed by atoms with Gasteiger partial charge in [-0.15, -0.1) is 11.3 Å². The Kier molecular flexibility index (Phi) is 4.92. The molecule has 0 saturated heterocycles. The average molecular weight is 401 g/mol. The molecule has 5 nitrogen and oxygen atoms in total. The molecule has 0 bridgehead atoms. The van der Waals surface area contributed by atoms with Crippen LogP contribution in [0.1, 0.15) is 34.6 Å². The molecule has 0 spiro atoms. The van der Waals surface area contributed by atoms with Crippen molar-refractivity contribution in [1.82, 2.24) is 9.97 Å². The van der Waals surface area contributed by atoms with Crippen LogP contribution in [-0.2, 0) is 17.8 Å². The molecule has 1 aromatic carbocycles. The minimum Gasteiger partial charge on any atom is -0.469 e. The van der Waals surface area contributed by atoms with Crippen molar-refractivity contribution in [3.63, 3.8) is 0 Å². The quantitative estimate of drug-likeness (QED) is 0.356. The van der Waals surface area contributed by atoms with Crippen molar-refractivity contribution in [1.29, 1.82) is 0 Å². The number of aromatic nitrogens is 2. The van der Waals surface area contributed by atoms with Gasteiger partial charge in [-0.25, -0.2) is 4.98 Å². The van der Waals surface area contributed by atoms with Crippen molar-refractivity contribution >= 4 is 39.1 Å². The highest BCUT2D eigenvalue weighted by Gasteiger charge is 2.31. The van der Waals surface area contributed by atoms with E-state index in [0.717, 1.165) is 21.5 Å². The number of carbonyl (C=O) groups is 1. The van der Waals surface area contributed by atoms with Crippen LogP contribution in [0.2, 0.25) is 0 Å². The number of ether oxygens (including phenoxy) is 2. The Labute approximate surface area is 166 Å². The number of Topliss-reactive ketones (excluding diaryl/α,β-unsaturated/α-hetero) is 1. The Balaban J connectivity index is 1.70. The Morgan fingerprint density at radius 1 is 1.30 bits per heavy atom. The first-order chi connectivity index (χ1) is 13.0. The van der Waals surface area contributed by atoms with Crippen LogP contribution in [-0.4, -0.2) is 34.2 Å². The molecule has 1 aliphatic rings. The first-order valence-electron chi connectivity index (χ1n) is 8.68. The fraction of sp³-hybridized carbons (Fsp3) is 0.350. The van der Waals surface area contributed by atoms with Crippen LogP contribution in [0.5, 0.6) is 5.88 Å². The Morgan fingerprint density at radius 2 is 2.07 bits per heavy atom. The maximum atomic E-state index is 12.4. The lowest BCUT2D eigenvalue weighted by Gasteiger charge is -2.30. The molecule has 0 aliphatic carbocycles. The van der Waals surface area contributed by atoms with Crippen molar-refractivity contribution in [3.8, 4) is 5.88 Å². The van der Waals surface area contributed by atoms with E-state index in [2.05, 4.69) is 23.8 Å². The van der Waals surface area contributed by atoms with Gasteiger partial charge in [0.1, 0.15) is 4.83 Å². The van der Waals surface area contributed by atoms with E-state index in [1.165, 1.54) is 17.3 Å². The van der Waals surface area contributed by atoms with Crippen molar-refractivity contribution < 1.29 is 14.3 Å². The molecule has 0 saturated carbocycles. The van der Waals surface area contributed by atoms with Gasteiger partial charge in [0.05, 0.1) is 17.6 Å². The summed E-state index contributed by atoms with van der Waals surface area (Å²) in [6.45, 7) is 4.68. The van der Waals surface area contributed by atoms with E-state index < -0.39 is 0 Å². The van der Waals surface area contributed by atoms with E-state index >= 15 is 0 Å². The number of fused-ring (bicyclic) bond motifs is 3. The SMILES string of the molecule is CSc1nc(OCC(=O)c2ccccc2)c2c3c(sc2n1)COC(C)(C)C3.